The van der Waals surface area contributed by atoms with Gasteiger partial charge in [0.2, 0.25) is 5.91 Å². The van der Waals surface area contributed by atoms with Gasteiger partial charge in [0, 0.05) is 24.0 Å². The third-order valence-electron chi connectivity index (χ3n) is 3.70. The Hall–Kier alpha value is -1.60. The number of thiophene rings is 1. The molecule has 0 aromatic carbocycles. The quantitative estimate of drug-likeness (QED) is 0.642. The Morgan fingerprint density at radius 2 is 2.17 bits per heavy atom. The summed E-state index contributed by atoms with van der Waals surface area (Å²) in [4.78, 5) is 24.0. The summed E-state index contributed by atoms with van der Waals surface area (Å²) < 4.78 is 0. The zero-order valence-electron chi connectivity index (χ0n) is 12.9. The number of thioether (sulfide) groups is 1. The predicted molar refractivity (Wildman–Crippen MR) is 95.0 cm³/mol. The zero-order valence-corrected chi connectivity index (χ0v) is 14.5. The standard InChI is InChI=1S/C16H20N4OS2/c21-15(17-10-13-5-4-8-22-13)11-23-16-9-14(18-12-19-16)20-6-2-1-3-7-20/h4-5,8-9,12H,1-3,6-7,10-11H2,(H,17,21). The number of rotatable bonds is 6. The van der Waals surface area contributed by atoms with Gasteiger partial charge in [0.15, 0.2) is 0 Å². The summed E-state index contributed by atoms with van der Waals surface area (Å²) in [6.45, 7) is 2.71. The van der Waals surface area contributed by atoms with Gasteiger partial charge in [-0.2, -0.15) is 0 Å². The highest BCUT2D eigenvalue weighted by Crippen LogP contribution is 2.22. The number of nitrogens with one attached hydrogen (secondary N) is 1. The van der Waals surface area contributed by atoms with E-state index in [2.05, 4.69) is 20.2 Å². The first-order valence-electron chi connectivity index (χ1n) is 7.80. The Morgan fingerprint density at radius 1 is 1.30 bits per heavy atom. The van der Waals surface area contributed by atoms with Crippen LogP contribution in [-0.4, -0.2) is 34.7 Å². The molecule has 1 aliphatic rings. The van der Waals surface area contributed by atoms with Crippen LogP contribution in [0.5, 0.6) is 0 Å². The van der Waals surface area contributed by atoms with Crippen LogP contribution in [0.15, 0.2) is 34.9 Å². The van der Waals surface area contributed by atoms with Crippen molar-refractivity contribution < 1.29 is 4.79 Å². The molecular formula is C16H20N4OS2. The average Bonchev–Trinajstić information content (AvgIpc) is 3.13. The highest BCUT2D eigenvalue weighted by molar-refractivity contribution is 7.99. The van der Waals surface area contributed by atoms with E-state index in [1.807, 2.05) is 23.6 Å². The summed E-state index contributed by atoms with van der Waals surface area (Å²) in [7, 11) is 0. The van der Waals surface area contributed by atoms with Crippen molar-refractivity contribution in [2.24, 2.45) is 0 Å². The van der Waals surface area contributed by atoms with Crippen molar-refractivity contribution in [3.63, 3.8) is 0 Å². The van der Waals surface area contributed by atoms with Crippen molar-refractivity contribution in [3.05, 3.63) is 34.8 Å². The first-order valence-corrected chi connectivity index (χ1v) is 9.67. The number of carbonyl (C=O) groups is 1. The van der Waals surface area contributed by atoms with Crippen molar-refractivity contribution in [2.45, 2.75) is 30.8 Å². The van der Waals surface area contributed by atoms with Gasteiger partial charge in [0.25, 0.3) is 0 Å². The molecule has 1 saturated heterocycles. The predicted octanol–water partition coefficient (Wildman–Crippen LogP) is 2.94. The number of hydrogen-bond donors (Lipinski definition) is 1. The van der Waals surface area contributed by atoms with Crippen LogP contribution in [0.2, 0.25) is 0 Å². The van der Waals surface area contributed by atoms with Gasteiger partial charge in [-0.05, 0) is 30.7 Å². The van der Waals surface area contributed by atoms with E-state index in [4.69, 9.17) is 0 Å². The number of aromatic nitrogens is 2. The summed E-state index contributed by atoms with van der Waals surface area (Å²) in [5.41, 5.74) is 0. The van der Waals surface area contributed by atoms with Gasteiger partial charge in [-0.1, -0.05) is 17.8 Å². The summed E-state index contributed by atoms with van der Waals surface area (Å²) in [5, 5.41) is 5.80. The van der Waals surface area contributed by atoms with Crippen molar-refractivity contribution in [1.29, 1.82) is 0 Å². The number of carbonyl (C=O) groups excluding carboxylic acids is 1. The first kappa shape index (κ1) is 16.3. The molecule has 1 fully saturated rings. The topological polar surface area (TPSA) is 58.1 Å². The van der Waals surface area contributed by atoms with Crippen molar-refractivity contribution in [2.75, 3.05) is 23.7 Å². The molecule has 7 heteroatoms. The number of nitrogens with zero attached hydrogens (tertiary/aromatic N) is 3. The SMILES string of the molecule is O=C(CSc1cc(N2CCCCC2)ncn1)NCc1cccs1. The lowest BCUT2D eigenvalue weighted by Gasteiger charge is -2.27. The van der Waals surface area contributed by atoms with Crippen molar-refractivity contribution >= 4 is 34.8 Å². The molecule has 5 nitrogen and oxygen atoms in total. The average molecular weight is 348 g/mol. The van der Waals surface area contributed by atoms with Crippen LogP contribution in [0.25, 0.3) is 0 Å². The van der Waals surface area contributed by atoms with E-state index < -0.39 is 0 Å². The highest BCUT2D eigenvalue weighted by Gasteiger charge is 2.13. The molecule has 0 atom stereocenters. The number of anilines is 1. The largest absolute Gasteiger partial charge is 0.356 e. The van der Waals surface area contributed by atoms with Crippen LogP contribution in [0.1, 0.15) is 24.1 Å². The molecule has 0 unspecified atom stereocenters. The third-order valence-corrected chi connectivity index (χ3v) is 5.50. The van der Waals surface area contributed by atoms with Gasteiger partial charge in [-0.25, -0.2) is 9.97 Å². The van der Waals surface area contributed by atoms with Crippen molar-refractivity contribution in [3.8, 4) is 0 Å². The molecular weight excluding hydrogens is 328 g/mol. The summed E-state index contributed by atoms with van der Waals surface area (Å²) in [6.07, 6.45) is 5.33. The smallest absolute Gasteiger partial charge is 0.230 e. The molecule has 1 N–H and O–H groups in total. The lowest BCUT2D eigenvalue weighted by molar-refractivity contribution is -0.118. The molecule has 2 aromatic heterocycles. The normalized spacial score (nSPS) is 14.7. The second-order valence-corrected chi connectivity index (χ2v) is 7.43. The van der Waals surface area contributed by atoms with E-state index in [0.29, 0.717) is 12.3 Å². The minimum Gasteiger partial charge on any atom is -0.356 e. The Balaban J connectivity index is 1.48. The lowest BCUT2D eigenvalue weighted by atomic mass is 10.1. The van der Waals surface area contributed by atoms with Crippen LogP contribution in [-0.2, 0) is 11.3 Å². The van der Waals surface area contributed by atoms with Crippen LogP contribution in [0, 0.1) is 0 Å². The molecule has 0 spiro atoms. The molecule has 122 valence electrons. The van der Waals surface area contributed by atoms with Gasteiger partial charge in [-0.15, -0.1) is 11.3 Å². The molecule has 3 rings (SSSR count). The molecule has 0 bridgehead atoms. The minimum atomic E-state index is 0.0292. The third kappa shape index (κ3) is 4.94. The van der Waals surface area contributed by atoms with Crippen molar-refractivity contribution in [1.82, 2.24) is 15.3 Å². The zero-order chi connectivity index (χ0) is 15.9. The maximum atomic E-state index is 11.9. The Morgan fingerprint density at radius 3 is 2.96 bits per heavy atom. The van der Waals surface area contributed by atoms with E-state index in [1.165, 1.54) is 31.0 Å². The van der Waals surface area contributed by atoms with E-state index in [1.54, 1.807) is 17.7 Å². The highest BCUT2D eigenvalue weighted by atomic mass is 32.2. The van der Waals surface area contributed by atoms with E-state index in [-0.39, 0.29) is 5.91 Å². The van der Waals surface area contributed by atoms with E-state index in [9.17, 15) is 4.79 Å². The van der Waals surface area contributed by atoms with E-state index in [0.717, 1.165) is 28.8 Å². The minimum absolute atomic E-state index is 0.0292. The number of hydrogen-bond acceptors (Lipinski definition) is 6. The van der Waals surface area contributed by atoms with Crippen LogP contribution >= 0.6 is 23.1 Å². The van der Waals surface area contributed by atoms with Gasteiger partial charge >= 0.3 is 0 Å². The monoisotopic (exact) mass is 348 g/mol. The molecule has 0 radical (unpaired) electrons. The fourth-order valence-electron chi connectivity index (χ4n) is 2.49. The second kappa shape index (κ2) is 8.31. The second-order valence-electron chi connectivity index (χ2n) is 5.41. The van der Waals surface area contributed by atoms with Crippen LogP contribution in [0.4, 0.5) is 5.82 Å². The summed E-state index contributed by atoms with van der Waals surface area (Å²) >= 11 is 3.11. The van der Waals surface area contributed by atoms with Gasteiger partial charge in [0.1, 0.15) is 17.2 Å². The van der Waals surface area contributed by atoms with Gasteiger partial charge < -0.3 is 10.2 Å². The van der Waals surface area contributed by atoms with Gasteiger partial charge in [0.05, 0.1) is 12.3 Å². The van der Waals surface area contributed by atoms with Crippen LogP contribution in [0.3, 0.4) is 0 Å². The number of amides is 1. The fourth-order valence-corrected chi connectivity index (χ4v) is 3.83. The molecule has 0 aliphatic carbocycles. The Bertz CT molecular complexity index is 627. The summed E-state index contributed by atoms with van der Waals surface area (Å²) in [5.74, 6) is 1.38. The Kier molecular flexibility index (Phi) is 5.87. The Labute approximate surface area is 144 Å². The summed E-state index contributed by atoms with van der Waals surface area (Å²) in [6, 6.07) is 6.00. The van der Waals surface area contributed by atoms with E-state index >= 15 is 0 Å². The maximum Gasteiger partial charge on any atom is 0.230 e. The first-order chi connectivity index (χ1) is 11.3. The number of piperidine rings is 1. The fraction of sp³-hybridized carbons (Fsp3) is 0.438. The maximum absolute atomic E-state index is 11.9. The van der Waals surface area contributed by atoms with Gasteiger partial charge in [-0.3, -0.25) is 4.79 Å². The molecule has 2 aromatic rings. The lowest BCUT2D eigenvalue weighted by Crippen LogP contribution is -2.30. The molecule has 0 saturated carbocycles. The molecule has 23 heavy (non-hydrogen) atoms. The molecule has 1 aliphatic heterocycles. The van der Waals surface area contributed by atoms with Crippen LogP contribution < -0.4 is 10.2 Å². The molecule has 3 heterocycles. The molecule has 1 amide bonds.